The molecule has 156 valence electrons. The molecule has 0 aliphatic heterocycles. The van der Waals surface area contributed by atoms with Gasteiger partial charge in [0.2, 0.25) is 11.9 Å². The number of hydrogen-bond donors (Lipinski definition) is 3. The van der Waals surface area contributed by atoms with Crippen LogP contribution in [0.15, 0.2) is 54.6 Å². The van der Waals surface area contributed by atoms with Crippen molar-refractivity contribution in [1.29, 1.82) is 0 Å². The molecular formula is C19H25Cl2N7O. The van der Waals surface area contributed by atoms with Crippen LogP contribution in [0.3, 0.4) is 0 Å². The molecule has 1 amide bonds. The highest BCUT2D eigenvalue weighted by Crippen LogP contribution is 2.12. The van der Waals surface area contributed by atoms with E-state index in [1.807, 2.05) is 61.5 Å². The van der Waals surface area contributed by atoms with Crippen LogP contribution < -0.4 is 16.4 Å². The lowest BCUT2D eigenvalue weighted by atomic mass is 10.1. The Morgan fingerprint density at radius 2 is 1.79 bits per heavy atom. The summed E-state index contributed by atoms with van der Waals surface area (Å²) in [6, 6.07) is 16.7. The number of nitrogens with two attached hydrogens (primary N) is 1. The monoisotopic (exact) mass is 437 g/mol. The summed E-state index contributed by atoms with van der Waals surface area (Å²) < 4.78 is 1.57. The maximum absolute atomic E-state index is 12.5. The van der Waals surface area contributed by atoms with Gasteiger partial charge in [-0.3, -0.25) is 4.79 Å². The minimum Gasteiger partial charge on any atom is -0.399 e. The molecule has 0 saturated carbocycles. The molecule has 0 aliphatic carbocycles. The minimum absolute atomic E-state index is 0. The number of tetrazole rings is 1. The summed E-state index contributed by atoms with van der Waals surface area (Å²) in [6.45, 7) is 2.48. The number of para-hydroxylation sites is 1. The molecule has 0 spiro atoms. The molecule has 0 aliphatic rings. The summed E-state index contributed by atoms with van der Waals surface area (Å²) >= 11 is 0. The van der Waals surface area contributed by atoms with E-state index in [1.165, 1.54) is 0 Å². The number of rotatable bonds is 8. The van der Waals surface area contributed by atoms with E-state index in [1.54, 1.807) is 4.68 Å². The maximum atomic E-state index is 12.5. The zero-order valence-electron chi connectivity index (χ0n) is 16.0. The van der Waals surface area contributed by atoms with Crippen molar-refractivity contribution in [2.24, 2.45) is 0 Å². The zero-order valence-corrected chi connectivity index (χ0v) is 17.6. The Morgan fingerprint density at radius 1 is 1.10 bits per heavy atom. The van der Waals surface area contributed by atoms with E-state index in [4.69, 9.17) is 5.73 Å². The van der Waals surface area contributed by atoms with Gasteiger partial charge in [-0.05, 0) is 53.1 Å². The molecule has 4 N–H and O–H groups in total. The predicted octanol–water partition coefficient (Wildman–Crippen LogP) is 2.64. The molecule has 0 fully saturated rings. The molecule has 0 bridgehead atoms. The highest BCUT2D eigenvalue weighted by atomic mass is 35.5. The summed E-state index contributed by atoms with van der Waals surface area (Å²) in [5.41, 5.74) is 8.36. The number of aromatic nitrogens is 4. The van der Waals surface area contributed by atoms with E-state index in [9.17, 15) is 4.79 Å². The van der Waals surface area contributed by atoms with Crippen molar-refractivity contribution in [3.05, 3.63) is 60.2 Å². The molecule has 1 atom stereocenters. The fraction of sp³-hybridized carbons (Fsp3) is 0.263. The van der Waals surface area contributed by atoms with Crippen LogP contribution in [0.25, 0.3) is 5.69 Å². The third-order valence-electron chi connectivity index (χ3n) is 4.19. The molecule has 2 aromatic carbocycles. The largest absolute Gasteiger partial charge is 0.399 e. The molecule has 0 saturated heterocycles. The first-order valence-electron chi connectivity index (χ1n) is 8.90. The van der Waals surface area contributed by atoms with Gasteiger partial charge >= 0.3 is 0 Å². The number of nitrogen functional groups attached to an aromatic ring is 1. The Labute approximate surface area is 182 Å². The van der Waals surface area contributed by atoms with Crippen LogP contribution in [0, 0.1) is 0 Å². The zero-order chi connectivity index (χ0) is 19.1. The second-order valence-corrected chi connectivity index (χ2v) is 6.14. The van der Waals surface area contributed by atoms with Gasteiger partial charge in [-0.1, -0.05) is 42.4 Å². The van der Waals surface area contributed by atoms with Gasteiger partial charge in [0.15, 0.2) is 0 Å². The van der Waals surface area contributed by atoms with Crippen molar-refractivity contribution >= 4 is 42.4 Å². The average molecular weight is 438 g/mol. The maximum Gasteiger partial charge on any atom is 0.248 e. The number of hydrogen-bond acceptors (Lipinski definition) is 6. The third-order valence-corrected chi connectivity index (χ3v) is 4.19. The van der Waals surface area contributed by atoms with E-state index < -0.39 is 6.04 Å². The summed E-state index contributed by atoms with van der Waals surface area (Å²) in [7, 11) is 0. The summed E-state index contributed by atoms with van der Waals surface area (Å²) in [5.74, 6) is 0.345. The van der Waals surface area contributed by atoms with Crippen LogP contribution in [0.2, 0.25) is 0 Å². The van der Waals surface area contributed by atoms with Gasteiger partial charge in [-0.2, -0.15) is 4.68 Å². The van der Waals surface area contributed by atoms with E-state index in [0.717, 1.165) is 23.4 Å². The highest BCUT2D eigenvalue weighted by Gasteiger charge is 2.19. The first-order valence-corrected chi connectivity index (χ1v) is 8.90. The first-order chi connectivity index (χ1) is 13.2. The number of carbonyl (C=O) groups is 1. The van der Waals surface area contributed by atoms with Crippen LogP contribution in [-0.4, -0.2) is 38.7 Å². The van der Waals surface area contributed by atoms with Crippen molar-refractivity contribution < 1.29 is 4.79 Å². The normalized spacial score (nSPS) is 10.9. The Balaban J connectivity index is 0.00000210. The first kappa shape index (κ1) is 24.2. The lowest BCUT2D eigenvalue weighted by Gasteiger charge is -2.17. The summed E-state index contributed by atoms with van der Waals surface area (Å²) in [4.78, 5) is 12.5. The van der Waals surface area contributed by atoms with Gasteiger partial charge in [0.25, 0.3) is 0 Å². The fourth-order valence-corrected chi connectivity index (χ4v) is 2.67. The average Bonchev–Trinajstić information content (AvgIpc) is 3.16. The lowest BCUT2D eigenvalue weighted by Crippen LogP contribution is -2.40. The minimum atomic E-state index is -0.426. The van der Waals surface area contributed by atoms with Crippen LogP contribution >= 0.6 is 24.8 Å². The van der Waals surface area contributed by atoms with Crippen LogP contribution in [0.5, 0.6) is 0 Å². The van der Waals surface area contributed by atoms with Crippen LogP contribution in [0.1, 0.15) is 18.9 Å². The smallest absolute Gasteiger partial charge is 0.248 e. The van der Waals surface area contributed by atoms with Crippen molar-refractivity contribution in [1.82, 2.24) is 25.5 Å². The quantitative estimate of drug-likeness (QED) is 0.467. The molecular weight excluding hydrogens is 413 g/mol. The van der Waals surface area contributed by atoms with Crippen molar-refractivity contribution in [2.45, 2.75) is 25.8 Å². The Bertz CT molecular complexity index is 872. The summed E-state index contributed by atoms with van der Waals surface area (Å²) in [5, 5.41) is 17.8. The second-order valence-electron chi connectivity index (χ2n) is 6.14. The van der Waals surface area contributed by atoms with Gasteiger partial charge in [0, 0.05) is 12.2 Å². The number of benzene rings is 2. The molecule has 0 radical (unpaired) electrons. The highest BCUT2D eigenvalue weighted by molar-refractivity contribution is 5.85. The molecule has 8 nitrogen and oxygen atoms in total. The molecule has 3 rings (SSSR count). The second kappa shape index (κ2) is 11.9. The van der Waals surface area contributed by atoms with E-state index in [0.29, 0.717) is 18.9 Å². The number of nitrogens with one attached hydrogen (secondary N) is 2. The lowest BCUT2D eigenvalue weighted by molar-refractivity contribution is -0.121. The third kappa shape index (κ3) is 6.62. The van der Waals surface area contributed by atoms with Crippen LogP contribution in [-0.2, 0) is 11.2 Å². The van der Waals surface area contributed by atoms with Crippen LogP contribution in [0.4, 0.5) is 11.6 Å². The number of anilines is 2. The predicted molar refractivity (Wildman–Crippen MR) is 119 cm³/mol. The molecule has 29 heavy (non-hydrogen) atoms. The summed E-state index contributed by atoms with van der Waals surface area (Å²) in [6.07, 6.45) is 1.35. The van der Waals surface area contributed by atoms with Crippen molar-refractivity contribution in [3.63, 3.8) is 0 Å². The topological polar surface area (TPSA) is 111 Å². The molecule has 1 unspecified atom stereocenters. The molecule has 1 heterocycles. The standard InChI is InChI=1S/C19H23N7O.2ClH/c1-2-17(18(27)21-13-12-14-8-10-15(20)11-9-14)22-19-23-24-25-26(19)16-6-4-3-5-7-16;;/h3-11,17H,2,12-13,20H2,1H3,(H,21,27)(H,22,23,25);2*1H. The number of amides is 1. The Hall–Kier alpha value is -2.84. The Kier molecular flexibility index (Phi) is 9.91. The van der Waals surface area contributed by atoms with Crippen molar-refractivity contribution in [3.8, 4) is 5.69 Å². The van der Waals surface area contributed by atoms with Gasteiger partial charge in [0.05, 0.1) is 5.69 Å². The van der Waals surface area contributed by atoms with Gasteiger partial charge in [-0.25, -0.2) is 0 Å². The number of carbonyl (C=O) groups excluding carboxylic acids is 1. The molecule has 3 aromatic rings. The molecule has 10 heteroatoms. The van der Waals surface area contributed by atoms with Gasteiger partial charge < -0.3 is 16.4 Å². The Morgan fingerprint density at radius 3 is 2.45 bits per heavy atom. The van der Waals surface area contributed by atoms with Gasteiger partial charge in [0.1, 0.15) is 6.04 Å². The van der Waals surface area contributed by atoms with Gasteiger partial charge in [-0.15, -0.1) is 24.8 Å². The SMILES string of the molecule is CCC(Nc1nnnn1-c1ccccc1)C(=O)NCCc1ccc(N)cc1.Cl.Cl. The number of nitrogens with zero attached hydrogens (tertiary/aromatic N) is 4. The molecule has 1 aromatic heterocycles. The van der Waals surface area contributed by atoms with E-state index in [-0.39, 0.29) is 30.7 Å². The fourth-order valence-electron chi connectivity index (χ4n) is 2.67. The number of halogens is 2. The van der Waals surface area contributed by atoms with Crippen molar-refractivity contribution in [2.75, 3.05) is 17.6 Å². The van der Waals surface area contributed by atoms with E-state index in [2.05, 4.69) is 26.2 Å². The van der Waals surface area contributed by atoms with E-state index >= 15 is 0 Å².